The van der Waals surface area contributed by atoms with Crippen molar-refractivity contribution in [3.05, 3.63) is 58.3 Å². The molecule has 0 atom stereocenters. The van der Waals surface area contributed by atoms with E-state index in [9.17, 15) is 8.42 Å². The van der Waals surface area contributed by atoms with Crippen molar-refractivity contribution in [2.45, 2.75) is 18.4 Å². The number of aryl methyl sites for hydroxylation is 1. The van der Waals surface area contributed by atoms with Gasteiger partial charge in [-0.25, -0.2) is 13.1 Å². The van der Waals surface area contributed by atoms with E-state index in [0.717, 1.165) is 15.7 Å². The summed E-state index contributed by atoms with van der Waals surface area (Å²) in [5.74, 6) is 0. The van der Waals surface area contributed by atoms with E-state index >= 15 is 0 Å². The van der Waals surface area contributed by atoms with Crippen LogP contribution in [0.25, 0.3) is 0 Å². The molecule has 0 unspecified atom stereocenters. The lowest BCUT2D eigenvalue weighted by Gasteiger charge is -2.07. The van der Waals surface area contributed by atoms with E-state index in [4.69, 9.17) is 0 Å². The lowest BCUT2D eigenvalue weighted by atomic mass is 10.2. The highest BCUT2D eigenvalue weighted by molar-refractivity contribution is 9.10. The minimum absolute atomic E-state index is 0.224. The molecule has 0 aliphatic rings. The molecule has 2 rings (SSSR count). The van der Waals surface area contributed by atoms with Crippen molar-refractivity contribution in [3.8, 4) is 0 Å². The van der Waals surface area contributed by atoms with Crippen molar-refractivity contribution in [2.24, 2.45) is 0 Å². The van der Waals surface area contributed by atoms with E-state index in [1.165, 1.54) is 0 Å². The van der Waals surface area contributed by atoms with Crippen LogP contribution in [0.3, 0.4) is 0 Å². The number of sulfonamides is 1. The van der Waals surface area contributed by atoms with Gasteiger partial charge in [0.1, 0.15) is 0 Å². The molecule has 0 saturated heterocycles. The molecule has 0 radical (unpaired) electrons. The molecule has 0 aliphatic carbocycles. The van der Waals surface area contributed by atoms with E-state index in [1.54, 1.807) is 30.5 Å². The summed E-state index contributed by atoms with van der Waals surface area (Å²) in [7, 11) is -3.50. The van der Waals surface area contributed by atoms with E-state index in [-0.39, 0.29) is 11.4 Å². The number of pyridine rings is 1. The molecule has 0 saturated carbocycles. The Bertz CT molecular complexity index is 669. The van der Waals surface area contributed by atoms with Crippen molar-refractivity contribution in [1.29, 1.82) is 0 Å². The van der Waals surface area contributed by atoms with Crippen molar-refractivity contribution < 1.29 is 8.42 Å². The minimum Gasteiger partial charge on any atom is -0.261 e. The fourth-order valence-electron chi connectivity index (χ4n) is 1.50. The second-order valence-corrected chi connectivity index (χ2v) is 6.77. The third-order valence-electron chi connectivity index (χ3n) is 2.55. The van der Waals surface area contributed by atoms with Crippen LogP contribution in [0.2, 0.25) is 0 Å². The average Bonchev–Trinajstić information content (AvgIpc) is 2.38. The summed E-state index contributed by atoms with van der Waals surface area (Å²) in [5, 5.41) is 0. The number of hydrogen-bond acceptors (Lipinski definition) is 3. The Hall–Kier alpha value is -1.24. The molecule has 0 amide bonds. The highest BCUT2D eigenvalue weighted by atomic mass is 79.9. The van der Waals surface area contributed by atoms with Gasteiger partial charge in [0.25, 0.3) is 0 Å². The van der Waals surface area contributed by atoms with Gasteiger partial charge >= 0.3 is 0 Å². The van der Waals surface area contributed by atoms with Crippen LogP contribution in [0.5, 0.6) is 0 Å². The molecule has 100 valence electrons. The summed E-state index contributed by atoms with van der Waals surface area (Å²) >= 11 is 3.26. The van der Waals surface area contributed by atoms with E-state index < -0.39 is 10.0 Å². The molecule has 4 nitrogen and oxygen atoms in total. The zero-order chi connectivity index (χ0) is 13.9. The Kier molecular flexibility index (Phi) is 4.34. The predicted octanol–water partition coefficient (Wildman–Crippen LogP) is 2.63. The Balaban J connectivity index is 2.12. The van der Waals surface area contributed by atoms with Crippen molar-refractivity contribution in [3.63, 3.8) is 0 Å². The predicted molar refractivity (Wildman–Crippen MR) is 77.1 cm³/mol. The van der Waals surface area contributed by atoms with Gasteiger partial charge in [-0.1, -0.05) is 28.1 Å². The molecule has 1 heterocycles. The van der Waals surface area contributed by atoms with Crippen LogP contribution < -0.4 is 4.72 Å². The van der Waals surface area contributed by atoms with Crippen LogP contribution in [0.1, 0.15) is 11.3 Å². The van der Waals surface area contributed by atoms with Crippen molar-refractivity contribution >= 4 is 26.0 Å². The first-order valence-corrected chi connectivity index (χ1v) is 7.92. The van der Waals surface area contributed by atoms with E-state index in [2.05, 4.69) is 25.6 Å². The second-order valence-electron chi connectivity index (χ2n) is 4.09. The molecule has 6 heteroatoms. The molecule has 1 aromatic carbocycles. The van der Waals surface area contributed by atoms with Crippen molar-refractivity contribution in [2.75, 3.05) is 0 Å². The van der Waals surface area contributed by atoms with Gasteiger partial charge in [0.05, 0.1) is 4.90 Å². The average molecular weight is 341 g/mol. The molecule has 1 aromatic heterocycles. The lowest BCUT2D eigenvalue weighted by Crippen LogP contribution is -2.23. The second kappa shape index (κ2) is 5.81. The van der Waals surface area contributed by atoms with Gasteiger partial charge in [0.2, 0.25) is 10.0 Å². The van der Waals surface area contributed by atoms with Gasteiger partial charge in [0.15, 0.2) is 0 Å². The summed E-state index contributed by atoms with van der Waals surface area (Å²) in [5.41, 5.74) is 1.72. The first-order valence-electron chi connectivity index (χ1n) is 5.64. The van der Waals surface area contributed by atoms with Crippen molar-refractivity contribution in [1.82, 2.24) is 9.71 Å². The lowest BCUT2D eigenvalue weighted by molar-refractivity contribution is 0.581. The Morgan fingerprint density at radius 1 is 1.26 bits per heavy atom. The third kappa shape index (κ3) is 3.86. The first kappa shape index (κ1) is 14.2. The number of hydrogen-bond donors (Lipinski definition) is 1. The number of aromatic nitrogens is 1. The summed E-state index contributed by atoms with van der Waals surface area (Å²) in [4.78, 5) is 4.36. The highest BCUT2D eigenvalue weighted by Gasteiger charge is 2.13. The molecular weight excluding hydrogens is 328 g/mol. The number of benzene rings is 1. The molecule has 0 aliphatic heterocycles. The number of halogens is 1. The maximum absolute atomic E-state index is 12.1. The van der Waals surface area contributed by atoms with Gasteiger partial charge in [-0.05, 0) is 36.8 Å². The largest absolute Gasteiger partial charge is 0.261 e. The molecule has 2 aromatic rings. The fraction of sp³-hybridized carbons (Fsp3) is 0.154. The maximum Gasteiger partial charge on any atom is 0.240 e. The third-order valence-corrected chi connectivity index (χ3v) is 4.44. The molecular formula is C13H13BrN2O2S. The normalized spacial score (nSPS) is 11.5. The fourth-order valence-corrected chi connectivity index (χ4v) is 3.11. The van der Waals surface area contributed by atoms with Gasteiger partial charge in [0, 0.05) is 22.9 Å². The summed E-state index contributed by atoms with van der Waals surface area (Å²) in [6.07, 6.45) is 1.67. The van der Waals surface area contributed by atoms with Crippen LogP contribution >= 0.6 is 15.9 Å². The molecule has 0 fully saturated rings. The van der Waals surface area contributed by atoms with Crippen LogP contribution in [0.4, 0.5) is 0 Å². The topological polar surface area (TPSA) is 59.1 Å². The van der Waals surface area contributed by atoms with E-state index in [1.807, 2.05) is 19.1 Å². The zero-order valence-electron chi connectivity index (χ0n) is 10.3. The maximum atomic E-state index is 12.1. The van der Waals surface area contributed by atoms with Gasteiger partial charge < -0.3 is 0 Å². The smallest absolute Gasteiger partial charge is 0.240 e. The van der Waals surface area contributed by atoms with Crippen LogP contribution in [-0.2, 0) is 16.6 Å². The Morgan fingerprint density at radius 3 is 2.68 bits per heavy atom. The number of rotatable bonds is 4. The Morgan fingerprint density at radius 2 is 2.05 bits per heavy atom. The SMILES string of the molecule is Cc1ccc(CNS(=O)(=O)c2cccc(Br)c2)cn1. The standard InChI is InChI=1S/C13H13BrN2O2S/c1-10-5-6-11(8-15-10)9-16-19(17,18)13-4-2-3-12(14)7-13/h2-8,16H,9H2,1H3. The molecule has 0 bridgehead atoms. The zero-order valence-corrected chi connectivity index (χ0v) is 12.7. The first-order chi connectivity index (χ1) is 8.97. The quantitative estimate of drug-likeness (QED) is 0.930. The minimum atomic E-state index is -3.50. The monoisotopic (exact) mass is 340 g/mol. The molecule has 0 spiro atoms. The summed E-state index contributed by atoms with van der Waals surface area (Å²) < 4.78 is 27.4. The van der Waals surface area contributed by atoms with Crippen LogP contribution in [0.15, 0.2) is 52.0 Å². The van der Waals surface area contributed by atoms with Gasteiger partial charge in [-0.2, -0.15) is 0 Å². The van der Waals surface area contributed by atoms with Gasteiger partial charge in [-0.3, -0.25) is 4.98 Å². The Labute approximate surface area is 121 Å². The summed E-state index contributed by atoms with van der Waals surface area (Å²) in [6.45, 7) is 2.11. The highest BCUT2D eigenvalue weighted by Crippen LogP contribution is 2.16. The number of nitrogens with zero attached hydrogens (tertiary/aromatic N) is 1. The molecule has 1 N–H and O–H groups in total. The number of nitrogens with one attached hydrogen (secondary N) is 1. The molecule has 19 heavy (non-hydrogen) atoms. The van der Waals surface area contributed by atoms with Crippen LogP contribution in [0, 0.1) is 6.92 Å². The van der Waals surface area contributed by atoms with Gasteiger partial charge in [-0.15, -0.1) is 0 Å². The van der Waals surface area contributed by atoms with Crippen LogP contribution in [-0.4, -0.2) is 13.4 Å². The van der Waals surface area contributed by atoms with E-state index in [0.29, 0.717) is 0 Å². The summed E-state index contributed by atoms with van der Waals surface area (Å²) in [6, 6.07) is 10.3.